The standard InChI is InChI=1S/C18H35N3/c1-7-10-19-16(13-15(2)14-18(3,4)5)8-9-17-20-11-12-21(17)6/h11-12,15-16,19H,7-10,13-14H2,1-6H3. The molecule has 21 heavy (non-hydrogen) atoms. The van der Waals surface area contributed by atoms with E-state index < -0.39 is 0 Å². The van der Waals surface area contributed by atoms with Gasteiger partial charge in [0.1, 0.15) is 5.82 Å². The monoisotopic (exact) mass is 293 g/mol. The van der Waals surface area contributed by atoms with Gasteiger partial charge in [-0.25, -0.2) is 4.98 Å². The predicted octanol–water partition coefficient (Wildman–Crippen LogP) is 4.18. The van der Waals surface area contributed by atoms with E-state index >= 15 is 0 Å². The van der Waals surface area contributed by atoms with Gasteiger partial charge in [0.2, 0.25) is 0 Å². The molecule has 2 atom stereocenters. The number of aromatic nitrogens is 2. The summed E-state index contributed by atoms with van der Waals surface area (Å²) in [6.45, 7) is 12.8. The summed E-state index contributed by atoms with van der Waals surface area (Å²) >= 11 is 0. The van der Waals surface area contributed by atoms with Crippen molar-refractivity contribution >= 4 is 0 Å². The Morgan fingerprint density at radius 2 is 2.05 bits per heavy atom. The number of aryl methyl sites for hydroxylation is 2. The highest BCUT2D eigenvalue weighted by atomic mass is 15.0. The molecule has 1 aromatic heterocycles. The van der Waals surface area contributed by atoms with Gasteiger partial charge in [0.05, 0.1) is 0 Å². The van der Waals surface area contributed by atoms with Crippen LogP contribution in [0.1, 0.15) is 66.1 Å². The highest BCUT2D eigenvalue weighted by Crippen LogP contribution is 2.27. The van der Waals surface area contributed by atoms with Crippen molar-refractivity contribution in [2.45, 2.75) is 72.8 Å². The maximum atomic E-state index is 4.44. The van der Waals surface area contributed by atoms with Crippen molar-refractivity contribution in [3.63, 3.8) is 0 Å². The zero-order valence-electron chi connectivity index (χ0n) is 14.9. The number of nitrogens with zero attached hydrogens (tertiary/aromatic N) is 2. The van der Waals surface area contributed by atoms with Crippen LogP contribution in [0.2, 0.25) is 0 Å². The highest BCUT2D eigenvalue weighted by molar-refractivity contribution is 4.92. The molecule has 3 nitrogen and oxygen atoms in total. The second-order valence-electron chi connectivity index (χ2n) is 7.75. The van der Waals surface area contributed by atoms with Crippen LogP contribution in [0.4, 0.5) is 0 Å². The lowest BCUT2D eigenvalue weighted by atomic mass is 9.82. The van der Waals surface area contributed by atoms with E-state index in [0.29, 0.717) is 11.5 Å². The van der Waals surface area contributed by atoms with Crippen LogP contribution in [0.15, 0.2) is 12.4 Å². The van der Waals surface area contributed by atoms with Crippen LogP contribution in [-0.4, -0.2) is 22.1 Å². The molecule has 0 aliphatic heterocycles. The third-order valence-corrected chi connectivity index (χ3v) is 3.97. The van der Waals surface area contributed by atoms with Gasteiger partial charge in [-0.15, -0.1) is 0 Å². The maximum absolute atomic E-state index is 4.44. The number of hydrogen-bond donors (Lipinski definition) is 1. The van der Waals surface area contributed by atoms with E-state index in [9.17, 15) is 0 Å². The first kappa shape index (κ1) is 18.2. The summed E-state index contributed by atoms with van der Waals surface area (Å²) in [5.74, 6) is 1.96. The molecule has 1 N–H and O–H groups in total. The van der Waals surface area contributed by atoms with Crippen LogP contribution in [0, 0.1) is 11.3 Å². The summed E-state index contributed by atoms with van der Waals surface area (Å²) in [6, 6.07) is 0.610. The molecule has 3 heteroatoms. The lowest BCUT2D eigenvalue weighted by molar-refractivity contribution is 0.270. The molecule has 0 radical (unpaired) electrons. The summed E-state index contributed by atoms with van der Waals surface area (Å²) in [6.07, 6.45) is 9.93. The number of hydrogen-bond acceptors (Lipinski definition) is 2. The van der Waals surface area contributed by atoms with Crippen LogP contribution in [0.3, 0.4) is 0 Å². The Morgan fingerprint density at radius 3 is 2.57 bits per heavy atom. The van der Waals surface area contributed by atoms with E-state index in [1.807, 2.05) is 12.4 Å². The SMILES string of the molecule is CCCNC(CCc1nccn1C)CC(C)CC(C)(C)C. The highest BCUT2D eigenvalue weighted by Gasteiger charge is 2.19. The quantitative estimate of drug-likeness (QED) is 0.740. The van der Waals surface area contributed by atoms with Crippen LogP contribution in [-0.2, 0) is 13.5 Å². The Balaban J connectivity index is 2.48. The molecule has 0 aliphatic carbocycles. The first-order valence-electron chi connectivity index (χ1n) is 8.51. The third-order valence-electron chi connectivity index (χ3n) is 3.97. The molecule has 0 aliphatic rings. The minimum atomic E-state index is 0.425. The smallest absolute Gasteiger partial charge is 0.108 e. The summed E-state index contributed by atoms with van der Waals surface area (Å²) in [5.41, 5.74) is 0.425. The van der Waals surface area contributed by atoms with Crippen molar-refractivity contribution < 1.29 is 0 Å². The van der Waals surface area contributed by atoms with Crippen molar-refractivity contribution in [1.82, 2.24) is 14.9 Å². The molecule has 1 heterocycles. The summed E-state index contributed by atoms with van der Waals surface area (Å²) in [7, 11) is 2.08. The molecule has 2 unspecified atom stereocenters. The Labute approximate surface area is 131 Å². The van der Waals surface area contributed by atoms with E-state index in [2.05, 4.69) is 56.5 Å². The van der Waals surface area contributed by atoms with Crippen LogP contribution < -0.4 is 5.32 Å². The number of rotatable bonds is 9. The van der Waals surface area contributed by atoms with Gasteiger partial charge in [0.15, 0.2) is 0 Å². The summed E-state index contributed by atoms with van der Waals surface area (Å²) in [5, 5.41) is 3.73. The Hall–Kier alpha value is -0.830. The van der Waals surface area contributed by atoms with E-state index in [4.69, 9.17) is 0 Å². The minimum Gasteiger partial charge on any atom is -0.338 e. The van der Waals surface area contributed by atoms with Gasteiger partial charge in [0, 0.05) is 31.9 Å². The molecule has 1 rings (SSSR count). The predicted molar refractivity (Wildman–Crippen MR) is 91.5 cm³/mol. The van der Waals surface area contributed by atoms with E-state index in [1.54, 1.807) is 0 Å². The Morgan fingerprint density at radius 1 is 1.33 bits per heavy atom. The van der Waals surface area contributed by atoms with E-state index in [-0.39, 0.29) is 0 Å². The third kappa shape index (κ3) is 7.66. The zero-order chi connectivity index (χ0) is 15.9. The molecule has 0 aromatic carbocycles. The summed E-state index contributed by atoms with van der Waals surface area (Å²) in [4.78, 5) is 4.44. The minimum absolute atomic E-state index is 0.425. The van der Waals surface area contributed by atoms with E-state index in [0.717, 1.165) is 18.9 Å². The van der Waals surface area contributed by atoms with Crippen molar-refractivity contribution in [2.75, 3.05) is 6.54 Å². The van der Waals surface area contributed by atoms with Crippen LogP contribution >= 0.6 is 0 Å². The second kappa shape index (κ2) is 8.57. The largest absolute Gasteiger partial charge is 0.338 e. The second-order valence-corrected chi connectivity index (χ2v) is 7.75. The number of nitrogens with one attached hydrogen (secondary N) is 1. The Kier molecular flexibility index (Phi) is 7.44. The van der Waals surface area contributed by atoms with E-state index in [1.165, 1.54) is 31.5 Å². The van der Waals surface area contributed by atoms with Gasteiger partial charge < -0.3 is 9.88 Å². The average Bonchev–Trinajstić information content (AvgIpc) is 2.76. The van der Waals surface area contributed by atoms with Crippen molar-refractivity contribution in [1.29, 1.82) is 0 Å². The van der Waals surface area contributed by atoms with Crippen LogP contribution in [0.5, 0.6) is 0 Å². The summed E-state index contributed by atoms with van der Waals surface area (Å²) < 4.78 is 2.13. The normalized spacial score (nSPS) is 15.1. The molecular formula is C18H35N3. The zero-order valence-corrected chi connectivity index (χ0v) is 14.9. The fraction of sp³-hybridized carbons (Fsp3) is 0.833. The average molecular weight is 293 g/mol. The van der Waals surface area contributed by atoms with Crippen molar-refractivity contribution in [3.05, 3.63) is 18.2 Å². The molecule has 122 valence electrons. The van der Waals surface area contributed by atoms with Gasteiger partial charge in [-0.3, -0.25) is 0 Å². The lowest BCUT2D eigenvalue weighted by Gasteiger charge is -2.27. The Bertz CT molecular complexity index is 389. The molecular weight excluding hydrogens is 258 g/mol. The molecule has 0 saturated carbocycles. The first-order chi connectivity index (χ1) is 9.81. The first-order valence-corrected chi connectivity index (χ1v) is 8.51. The molecule has 0 spiro atoms. The number of imidazole rings is 1. The van der Waals surface area contributed by atoms with Gasteiger partial charge >= 0.3 is 0 Å². The maximum Gasteiger partial charge on any atom is 0.108 e. The molecule has 0 bridgehead atoms. The van der Waals surface area contributed by atoms with Gasteiger partial charge in [-0.1, -0.05) is 34.6 Å². The fourth-order valence-electron chi connectivity index (χ4n) is 3.21. The fourth-order valence-corrected chi connectivity index (χ4v) is 3.21. The van der Waals surface area contributed by atoms with Crippen molar-refractivity contribution in [2.24, 2.45) is 18.4 Å². The molecule has 0 fully saturated rings. The van der Waals surface area contributed by atoms with Gasteiger partial charge in [0.25, 0.3) is 0 Å². The van der Waals surface area contributed by atoms with Gasteiger partial charge in [-0.2, -0.15) is 0 Å². The topological polar surface area (TPSA) is 29.9 Å². The van der Waals surface area contributed by atoms with Crippen molar-refractivity contribution in [3.8, 4) is 0 Å². The van der Waals surface area contributed by atoms with Gasteiger partial charge in [-0.05, 0) is 43.6 Å². The molecule has 1 aromatic rings. The molecule has 0 saturated heterocycles. The molecule has 0 amide bonds. The lowest BCUT2D eigenvalue weighted by Crippen LogP contribution is -2.33. The van der Waals surface area contributed by atoms with Crippen LogP contribution in [0.25, 0.3) is 0 Å².